The third-order valence-electron chi connectivity index (χ3n) is 4.16. The van der Waals surface area contributed by atoms with Crippen molar-refractivity contribution in [3.8, 4) is 11.5 Å². The van der Waals surface area contributed by atoms with Crippen LogP contribution in [-0.4, -0.2) is 37.4 Å². The predicted octanol–water partition coefficient (Wildman–Crippen LogP) is 4.29. The number of rotatable bonds is 4. The Labute approximate surface area is 152 Å². The highest BCUT2D eigenvalue weighted by molar-refractivity contribution is 7.99. The third kappa shape index (κ3) is 3.85. The van der Waals surface area contributed by atoms with Crippen LogP contribution in [0, 0.1) is 6.92 Å². The second kappa shape index (κ2) is 7.70. The van der Waals surface area contributed by atoms with Gasteiger partial charge in [-0.3, -0.25) is 0 Å². The number of hydrogen-bond acceptors (Lipinski definition) is 4. The Morgan fingerprint density at radius 2 is 1.92 bits per heavy atom. The van der Waals surface area contributed by atoms with E-state index < -0.39 is 0 Å². The minimum absolute atomic E-state index is 0.0775. The highest BCUT2D eigenvalue weighted by atomic mass is 32.2. The number of nitrogens with one attached hydrogen (secondary N) is 1. The Morgan fingerprint density at radius 1 is 1.16 bits per heavy atom. The first-order valence-corrected chi connectivity index (χ1v) is 9.15. The van der Waals surface area contributed by atoms with E-state index in [1.165, 1.54) is 0 Å². The summed E-state index contributed by atoms with van der Waals surface area (Å²) in [4.78, 5) is 14.6. The largest absolute Gasteiger partial charge is 0.497 e. The average Bonchev–Trinajstić information content (AvgIpc) is 3.12. The number of amides is 2. The number of aryl methyl sites for hydroxylation is 1. The summed E-state index contributed by atoms with van der Waals surface area (Å²) >= 11 is 1.73. The van der Waals surface area contributed by atoms with E-state index in [0.29, 0.717) is 6.54 Å². The molecule has 3 rings (SSSR count). The van der Waals surface area contributed by atoms with Crippen molar-refractivity contribution in [2.75, 3.05) is 31.8 Å². The van der Waals surface area contributed by atoms with Crippen molar-refractivity contribution in [1.29, 1.82) is 0 Å². The molecule has 6 heteroatoms. The molecule has 1 N–H and O–H groups in total. The molecule has 132 valence electrons. The summed E-state index contributed by atoms with van der Waals surface area (Å²) in [5, 5.41) is 2.90. The predicted molar refractivity (Wildman–Crippen MR) is 102 cm³/mol. The van der Waals surface area contributed by atoms with E-state index in [4.69, 9.17) is 9.47 Å². The molecular weight excluding hydrogens is 336 g/mol. The van der Waals surface area contributed by atoms with E-state index in [1.807, 2.05) is 54.3 Å². The maximum atomic E-state index is 12.7. The number of ether oxygens (including phenoxy) is 2. The molecule has 1 aliphatic heterocycles. The number of anilines is 1. The molecule has 0 spiro atoms. The van der Waals surface area contributed by atoms with Gasteiger partial charge in [0.25, 0.3) is 0 Å². The standard InChI is InChI=1S/C19H22N2O3S/c1-13-4-6-14(7-5-13)20-19(22)21-10-11-25-18(21)16-9-8-15(23-2)12-17(16)24-3/h4-9,12,18H,10-11H2,1-3H3,(H,20,22). The zero-order chi connectivity index (χ0) is 17.8. The van der Waals surface area contributed by atoms with Gasteiger partial charge >= 0.3 is 6.03 Å². The quantitative estimate of drug-likeness (QED) is 0.886. The molecule has 2 amide bonds. The summed E-state index contributed by atoms with van der Waals surface area (Å²) in [6.45, 7) is 2.72. The van der Waals surface area contributed by atoms with E-state index >= 15 is 0 Å². The number of nitrogens with zero attached hydrogens (tertiary/aromatic N) is 1. The lowest BCUT2D eigenvalue weighted by molar-refractivity contribution is 0.213. The SMILES string of the molecule is COc1ccc(C2SCCN2C(=O)Nc2ccc(C)cc2)c(OC)c1. The van der Waals surface area contributed by atoms with Gasteiger partial charge < -0.3 is 19.7 Å². The van der Waals surface area contributed by atoms with Gasteiger partial charge in [-0.1, -0.05) is 17.7 Å². The first-order chi connectivity index (χ1) is 12.1. The van der Waals surface area contributed by atoms with Crippen LogP contribution >= 0.6 is 11.8 Å². The van der Waals surface area contributed by atoms with Crippen molar-refractivity contribution in [2.45, 2.75) is 12.3 Å². The average molecular weight is 358 g/mol. The lowest BCUT2D eigenvalue weighted by Gasteiger charge is -2.26. The lowest BCUT2D eigenvalue weighted by atomic mass is 10.1. The minimum atomic E-state index is -0.100. The van der Waals surface area contributed by atoms with Crippen molar-refractivity contribution in [3.05, 3.63) is 53.6 Å². The molecule has 0 saturated carbocycles. The van der Waals surface area contributed by atoms with Crippen molar-refractivity contribution in [1.82, 2.24) is 4.90 Å². The first kappa shape index (κ1) is 17.5. The zero-order valence-electron chi connectivity index (χ0n) is 14.6. The summed E-state index contributed by atoms with van der Waals surface area (Å²) in [6.07, 6.45) is 0. The van der Waals surface area contributed by atoms with E-state index in [2.05, 4.69) is 5.32 Å². The van der Waals surface area contributed by atoms with Gasteiger partial charge in [-0.25, -0.2) is 4.79 Å². The maximum Gasteiger partial charge on any atom is 0.323 e. The smallest absolute Gasteiger partial charge is 0.323 e. The van der Waals surface area contributed by atoms with Gasteiger partial charge in [0.2, 0.25) is 0 Å². The van der Waals surface area contributed by atoms with E-state index in [9.17, 15) is 4.79 Å². The Kier molecular flexibility index (Phi) is 5.38. The summed E-state index contributed by atoms with van der Waals surface area (Å²) in [6, 6.07) is 13.4. The third-order valence-corrected chi connectivity index (χ3v) is 5.40. The molecule has 1 heterocycles. The number of carbonyl (C=O) groups is 1. The Hall–Kier alpha value is -2.34. The summed E-state index contributed by atoms with van der Waals surface area (Å²) in [5.41, 5.74) is 2.94. The molecule has 1 saturated heterocycles. The van der Waals surface area contributed by atoms with Crippen LogP contribution in [0.1, 0.15) is 16.5 Å². The van der Waals surface area contributed by atoms with Crippen LogP contribution in [0.4, 0.5) is 10.5 Å². The van der Waals surface area contributed by atoms with E-state index in [-0.39, 0.29) is 11.4 Å². The fraction of sp³-hybridized carbons (Fsp3) is 0.316. The molecule has 0 aliphatic carbocycles. The Balaban J connectivity index is 1.80. The van der Waals surface area contributed by atoms with Crippen molar-refractivity contribution >= 4 is 23.5 Å². The molecule has 5 nitrogen and oxygen atoms in total. The molecule has 1 unspecified atom stereocenters. The van der Waals surface area contributed by atoms with Gasteiger partial charge in [-0.2, -0.15) is 0 Å². The number of urea groups is 1. The summed E-state index contributed by atoms with van der Waals surface area (Å²) in [7, 11) is 3.26. The van der Waals surface area contributed by atoms with Gasteiger partial charge in [-0.05, 0) is 31.2 Å². The Morgan fingerprint density at radius 3 is 2.60 bits per heavy atom. The van der Waals surface area contributed by atoms with Crippen LogP contribution in [0.25, 0.3) is 0 Å². The first-order valence-electron chi connectivity index (χ1n) is 8.10. The Bertz CT molecular complexity index is 749. The molecule has 2 aromatic carbocycles. The second-order valence-electron chi connectivity index (χ2n) is 5.82. The molecule has 1 aliphatic rings. The number of carbonyl (C=O) groups excluding carboxylic acids is 1. The van der Waals surface area contributed by atoms with Crippen molar-refractivity contribution < 1.29 is 14.3 Å². The molecule has 1 atom stereocenters. The fourth-order valence-corrected chi connectivity index (χ4v) is 4.07. The molecule has 0 aromatic heterocycles. The number of thioether (sulfide) groups is 1. The van der Waals surface area contributed by atoms with Gasteiger partial charge in [0.05, 0.1) is 14.2 Å². The van der Waals surface area contributed by atoms with Crippen LogP contribution in [0.2, 0.25) is 0 Å². The molecule has 25 heavy (non-hydrogen) atoms. The molecule has 0 radical (unpaired) electrons. The lowest BCUT2D eigenvalue weighted by Crippen LogP contribution is -2.34. The highest BCUT2D eigenvalue weighted by Crippen LogP contribution is 2.43. The highest BCUT2D eigenvalue weighted by Gasteiger charge is 2.32. The minimum Gasteiger partial charge on any atom is -0.497 e. The fourth-order valence-electron chi connectivity index (χ4n) is 2.79. The number of hydrogen-bond donors (Lipinski definition) is 1. The topological polar surface area (TPSA) is 50.8 Å². The number of benzene rings is 2. The normalized spacial score (nSPS) is 16.6. The van der Waals surface area contributed by atoms with Gasteiger partial charge in [-0.15, -0.1) is 11.8 Å². The second-order valence-corrected chi connectivity index (χ2v) is 7.01. The monoisotopic (exact) mass is 358 g/mol. The van der Waals surface area contributed by atoms with Crippen LogP contribution in [0.5, 0.6) is 11.5 Å². The van der Waals surface area contributed by atoms with Crippen molar-refractivity contribution in [3.63, 3.8) is 0 Å². The van der Waals surface area contributed by atoms with Gasteiger partial charge in [0.15, 0.2) is 0 Å². The summed E-state index contributed by atoms with van der Waals surface area (Å²) < 4.78 is 10.8. The van der Waals surface area contributed by atoms with Crippen molar-refractivity contribution in [2.24, 2.45) is 0 Å². The molecule has 0 bridgehead atoms. The molecular formula is C19H22N2O3S. The summed E-state index contributed by atoms with van der Waals surface area (Å²) in [5.74, 6) is 2.35. The van der Waals surface area contributed by atoms with Gasteiger partial charge in [0.1, 0.15) is 16.9 Å². The zero-order valence-corrected chi connectivity index (χ0v) is 15.4. The number of methoxy groups -OCH3 is 2. The van der Waals surface area contributed by atoms with Crippen LogP contribution < -0.4 is 14.8 Å². The van der Waals surface area contributed by atoms with Crippen LogP contribution in [0.15, 0.2) is 42.5 Å². The van der Waals surface area contributed by atoms with E-state index in [0.717, 1.165) is 34.1 Å². The van der Waals surface area contributed by atoms with Crippen LogP contribution in [0.3, 0.4) is 0 Å². The maximum absolute atomic E-state index is 12.7. The van der Waals surface area contributed by atoms with Gasteiger partial charge in [0, 0.05) is 29.6 Å². The van der Waals surface area contributed by atoms with Crippen LogP contribution in [-0.2, 0) is 0 Å². The van der Waals surface area contributed by atoms with E-state index in [1.54, 1.807) is 26.0 Å². The molecule has 2 aromatic rings. The molecule has 1 fully saturated rings.